The Morgan fingerprint density at radius 1 is 1.67 bits per heavy atom. The molecule has 0 spiro atoms. The molecular weight excluding hydrogens is 112 g/mol. The Balaban J connectivity index is 0.000000120. The Hall–Kier alpha value is -0.890. The van der Waals surface area contributed by atoms with Crippen LogP contribution in [0.3, 0.4) is 0 Å². The van der Waals surface area contributed by atoms with Gasteiger partial charge in [-0.2, -0.15) is 0 Å². The highest BCUT2D eigenvalue weighted by molar-refractivity contribution is 5.75. The Labute approximate surface area is 54.7 Å². The first-order valence-corrected chi connectivity index (χ1v) is 3.05. The van der Waals surface area contributed by atoms with Gasteiger partial charge in [-0.3, -0.25) is 4.98 Å². The molecule has 2 rings (SSSR count). The van der Waals surface area contributed by atoms with Gasteiger partial charge in [0.05, 0.1) is 5.69 Å². The van der Waals surface area contributed by atoms with Crippen molar-refractivity contribution in [3.63, 3.8) is 0 Å². The van der Waals surface area contributed by atoms with Crippen LogP contribution < -0.4 is 5.73 Å². The summed E-state index contributed by atoms with van der Waals surface area (Å²) in [6, 6.07) is 4.06. The molecule has 0 saturated carbocycles. The first-order chi connectivity index (χ1) is 4.38. The van der Waals surface area contributed by atoms with Crippen LogP contribution in [0.5, 0.6) is 0 Å². The largest absolute Gasteiger partial charge is 0.331 e. The lowest BCUT2D eigenvalue weighted by molar-refractivity contribution is 1.14. The number of rotatable bonds is 0. The third kappa shape index (κ3) is 1.50. The molecular formula is C7H10N2. The second-order valence-electron chi connectivity index (χ2n) is 1.84. The van der Waals surface area contributed by atoms with Crippen LogP contribution >= 0.6 is 0 Å². The SMILES string of the molecule is CCN.c1cc2cc-2n1. The molecule has 0 aromatic heterocycles. The van der Waals surface area contributed by atoms with Crippen LogP contribution in [0.4, 0.5) is 0 Å². The fraction of sp³-hybridized carbons (Fsp3) is 0.286. The van der Waals surface area contributed by atoms with E-state index in [-0.39, 0.29) is 0 Å². The molecule has 0 bridgehead atoms. The molecule has 2 nitrogen and oxygen atoms in total. The monoisotopic (exact) mass is 122 g/mol. The second kappa shape index (κ2) is 2.60. The van der Waals surface area contributed by atoms with E-state index in [9.17, 15) is 0 Å². The molecule has 0 saturated heterocycles. The summed E-state index contributed by atoms with van der Waals surface area (Å²) < 4.78 is 0. The van der Waals surface area contributed by atoms with E-state index in [1.54, 1.807) is 0 Å². The van der Waals surface area contributed by atoms with Crippen LogP contribution in [0.1, 0.15) is 6.92 Å². The number of hydrogen-bond donors (Lipinski definition) is 1. The van der Waals surface area contributed by atoms with Crippen molar-refractivity contribution < 1.29 is 0 Å². The van der Waals surface area contributed by atoms with Crippen LogP contribution in [0.15, 0.2) is 18.3 Å². The predicted octanol–water partition coefficient (Wildman–Crippen LogP) is 1.03. The molecule has 0 atom stereocenters. The first-order valence-electron chi connectivity index (χ1n) is 3.05. The minimum absolute atomic E-state index is 0.750. The molecule has 0 amide bonds. The third-order valence-corrected chi connectivity index (χ3v) is 0.972. The molecule has 2 aliphatic rings. The van der Waals surface area contributed by atoms with Crippen molar-refractivity contribution >= 4 is 0 Å². The number of pyridine rings is 1. The highest BCUT2D eigenvalue weighted by atomic mass is 14.7. The van der Waals surface area contributed by atoms with E-state index in [2.05, 4.69) is 11.1 Å². The van der Waals surface area contributed by atoms with Crippen LogP contribution in [-0.4, -0.2) is 11.5 Å². The first kappa shape index (κ1) is 6.23. The highest BCUT2D eigenvalue weighted by Gasteiger charge is 2.09. The van der Waals surface area contributed by atoms with Gasteiger partial charge in [0.1, 0.15) is 0 Å². The Kier molecular flexibility index (Phi) is 1.80. The molecule has 0 aromatic carbocycles. The van der Waals surface area contributed by atoms with Crippen molar-refractivity contribution in [2.45, 2.75) is 6.92 Å². The fourth-order valence-electron chi connectivity index (χ4n) is 0.554. The third-order valence-electron chi connectivity index (χ3n) is 0.972. The maximum atomic E-state index is 4.85. The van der Waals surface area contributed by atoms with Crippen molar-refractivity contribution in [3.8, 4) is 11.3 Å². The summed E-state index contributed by atoms with van der Waals surface area (Å²) in [4.78, 5) is 3.95. The Bertz CT molecular complexity index is 179. The van der Waals surface area contributed by atoms with E-state index < -0.39 is 0 Å². The molecule has 9 heavy (non-hydrogen) atoms. The zero-order chi connectivity index (χ0) is 6.69. The van der Waals surface area contributed by atoms with Crippen LogP contribution in [0.2, 0.25) is 0 Å². The van der Waals surface area contributed by atoms with Gasteiger partial charge in [0.25, 0.3) is 0 Å². The van der Waals surface area contributed by atoms with Crippen molar-refractivity contribution in [2.24, 2.45) is 5.73 Å². The van der Waals surface area contributed by atoms with E-state index in [0.29, 0.717) is 0 Å². The average molecular weight is 122 g/mol. The zero-order valence-corrected chi connectivity index (χ0v) is 5.46. The Morgan fingerprint density at radius 3 is 2.44 bits per heavy atom. The molecule has 0 aromatic rings. The van der Waals surface area contributed by atoms with E-state index >= 15 is 0 Å². The summed E-state index contributed by atoms with van der Waals surface area (Å²) >= 11 is 0. The fourth-order valence-corrected chi connectivity index (χ4v) is 0.554. The van der Waals surface area contributed by atoms with Gasteiger partial charge in [-0.05, 0) is 18.7 Å². The van der Waals surface area contributed by atoms with E-state index in [4.69, 9.17) is 5.73 Å². The molecule has 0 fully saturated rings. The molecule has 0 unspecified atom stereocenters. The van der Waals surface area contributed by atoms with Crippen molar-refractivity contribution in [1.29, 1.82) is 0 Å². The van der Waals surface area contributed by atoms with Crippen LogP contribution in [-0.2, 0) is 0 Å². The zero-order valence-electron chi connectivity index (χ0n) is 5.46. The molecule has 1 heterocycles. The maximum absolute atomic E-state index is 4.85. The summed E-state index contributed by atoms with van der Waals surface area (Å²) in [5, 5.41) is 0. The summed E-state index contributed by atoms with van der Waals surface area (Å²) in [6.07, 6.45) is 1.82. The highest BCUT2D eigenvalue weighted by Crippen LogP contribution is 2.29. The molecule has 1 aliphatic heterocycles. The second-order valence-corrected chi connectivity index (χ2v) is 1.84. The van der Waals surface area contributed by atoms with E-state index in [0.717, 1.165) is 6.54 Å². The molecule has 48 valence electrons. The number of hydrogen-bond acceptors (Lipinski definition) is 2. The smallest absolute Gasteiger partial charge is 0.0710 e. The number of aromatic nitrogens is 1. The quantitative estimate of drug-likeness (QED) is 0.566. The molecule has 1 aliphatic carbocycles. The normalized spacial score (nSPS) is 9.56. The topological polar surface area (TPSA) is 38.9 Å². The summed E-state index contributed by atoms with van der Waals surface area (Å²) in [5.41, 5.74) is 7.34. The molecule has 0 radical (unpaired) electrons. The predicted molar refractivity (Wildman–Crippen MR) is 38.0 cm³/mol. The van der Waals surface area contributed by atoms with E-state index in [1.807, 2.05) is 19.2 Å². The lowest BCUT2D eigenvalue weighted by Crippen LogP contribution is -1.87. The van der Waals surface area contributed by atoms with Gasteiger partial charge in [0.2, 0.25) is 0 Å². The van der Waals surface area contributed by atoms with Gasteiger partial charge >= 0.3 is 0 Å². The number of nitrogens with zero attached hydrogens (tertiary/aromatic N) is 1. The van der Waals surface area contributed by atoms with Gasteiger partial charge in [0.15, 0.2) is 0 Å². The van der Waals surface area contributed by atoms with Crippen LogP contribution in [0, 0.1) is 0 Å². The standard InChI is InChI=1S/C5H3N.C2H7N/c1-2-6-5-3-4(1)5;1-2-3/h1-3H;2-3H2,1H3. The van der Waals surface area contributed by atoms with E-state index in [1.165, 1.54) is 11.3 Å². The van der Waals surface area contributed by atoms with Crippen molar-refractivity contribution in [1.82, 2.24) is 4.98 Å². The molecule has 2 N–H and O–H groups in total. The van der Waals surface area contributed by atoms with Gasteiger partial charge in [-0.25, -0.2) is 0 Å². The van der Waals surface area contributed by atoms with Crippen molar-refractivity contribution in [2.75, 3.05) is 6.54 Å². The Morgan fingerprint density at radius 2 is 2.33 bits per heavy atom. The average Bonchev–Trinajstić information content (AvgIpc) is 2.43. The number of nitrogens with two attached hydrogens (primary N) is 1. The van der Waals surface area contributed by atoms with Crippen LogP contribution in [0.25, 0.3) is 11.3 Å². The summed E-state index contributed by atoms with van der Waals surface area (Å²) in [5.74, 6) is 0. The van der Waals surface area contributed by atoms with Gasteiger partial charge in [-0.15, -0.1) is 0 Å². The lowest BCUT2D eigenvalue weighted by atomic mass is 10.6. The number of fused-ring (bicyclic) bond motifs is 1. The molecule has 2 heteroatoms. The van der Waals surface area contributed by atoms with Gasteiger partial charge in [0, 0.05) is 11.8 Å². The minimum atomic E-state index is 0.750. The summed E-state index contributed by atoms with van der Waals surface area (Å²) in [7, 11) is 0. The maximum Gasteiger partial charge on any atom is 0.0710 e. The van der Waals surface area contributed by atoms with Crippen molar-refractivity contribution in [3.05, 3.63) is 18.3 Å². The summed E-state index contributed by atoms with van der Waals surface area (Å²) in [6.45, 7) is 2.65. The van der Waals surface area contributed by atoms with Gasteiger partial charge < -0.3 is 5.73 Å². The van der Waals surface area contributed by atoms with Gasteiger partial charge in [-0.1, -0.05) is 6.92 Å². The minimum Gasteiger partial charge on any atom is -0.331 e. The lowest BCUT2D eigenvalue weighted by Gasteiger charge is -1.53.